The van der Waals surface area contributed by atoms with Crippen LogP contribution in [0.15, 0.2) is 23.1 Å². The monoisotopic (exact) mass is 346 g/mol. The maximum Gasteiger partial charge on any atom is 0.586 e. The van der Waals surface area contributed by atoms with E-state index < -0.39 is 13.5 Å². The molecule has 0 N–H and O–H groups in total. The summed E-state index contributed by atoms with van der Waals surface area (Å²) in [5.41, 5.74) is 1.57. The zero-order valence-electron chi connectivity index (χ0n) is 13.9. The molecule has 0 saturated heterocycles. The van der Waals surface area contributed by atoms with Crippen LogP contribution in [0.2, 0.25) is 16.6 Å². The van der Waals surface area contributed by atoms with E-state index in [0.29, 0.717) is 16.6 Å². The number of fused-ring (bicyclic) bond motifs is 1. The van der Waals surface area contributed by atoms with Crippen LogP contribution in [0.25, 0.3) is 0 Å². The molecule has 1 heterocycles. The van der Waals surface area contributed by atoms with Crippen molar-refractivity contribution in [2.45, 2.75) is 69.4 Å². The summed E-state index contributed by atoms with van der Waals surface area (Å²) < 4.78 is 36.1. The highest BCUT2D eigenvalue weighted by atomic mass is 32.4. The van der Waals surface area contributed by atoms with E-state index in [9.17, 15) is 8.78 Å². The Balaban J connectivity index is 2.44. The minimum Gasteiger partial charge on any atom is -0.395 e. The molecule has 1 aromatic rings. The van der Waals surface area contributed by atoms with Crippen LogP contribution >= 0.6 is 11.2 Å². The molecule has 0 atom stereocenters. The third-order valence-electron chi connectivity index (χ3n) is 4.39. The lowest BCUT2D eigenvalue weighted by atomic mass is 10.3. The van der Waals surface area contributed by atoms with Gasteiger partial charge in [-0.05, 0) is 28.8 Å². The lowest BCUT2D eigenvalue weighted by Crippen LogP contribution is -2.41. The number of benzene rings is 1. The Hall–Kier alpha value is -0.753. The molecule has 0 fully saturated rings. The smallest absolute Gasteiger partial charge is 0.395 e. The summed E-state index contributed by atoms with van der Waals surface area (Å²) >= 11 is 1.77. The average molecular weight is 347 g/mol. The summed E-state index contributed by atoms with van der Waals surface area (Å²) in [5.74, 6) is 0.325. The third kappa shape index (κ3) is 3.00. The van der Waals surface area contributed by atoms with Crippen LogP contribution in [-0.4, -0.2) is 13.5 Å². The van der Waals surface area contributed by atoms with Gasteiger partial charge in [-0.2, -0.15) is 0 Å². The van der Waals surface area contributed by atoms with Gasteiger partial charge in [0.05, 0.1) is 0 Å². The number of hydrogen-bond donors (Lipinski definition) is 0. The molecule has 2 rings (SSSR count). The van der Waals surface area contributed by atoms with Crippen LogP contribution in [0, 0.1) is 0 Å². The fourth-order valence-corrected chi connectivity index (χ4v) is 12.8. The van der Waals surface area contributed by atoms with Crippen molar-refractivity contribution in [2.24, 2.45) is 0 Å². The van der Waals surface area contributed by atoms with Crippen LogP contribution in [-0.2, 0) is 0 Å². The molecule has 1 aliphatic heterocycles. The van der Waals surface area contributed by atoms with Gasteiger partial charge < -0.3 is 9.47 Å². The van der Waals surface area contributed by atoms with Crippen molar-refractivity contribution in [3.8, 4) is 11.5 Å². The highest BCUT2D eigenvalue weighted by Gasteiger charge is 2.48. The molecule has 0 radical (unpaired) electrons. The minimum absolute atomic E-state index is 0.133. The first-order valence-corrected chi connectivity index (χ1v) is 11.5. The number of para-hydroxylation sites is 1. The molecule has 124 valence electrons. The van der Waals surface area contributed by atoms with Crippen LogP contribution in [0.1, 0.15) is 41.5 Å². The quantitative estimate of drug-likeness (QED) is 0.585. The van der Waals surface area contributed by atoms with Gasteiger partial charge in [0, 0.05) is 4.90 Å². The van der Waals surface area contributed by atoms with Crippen LogP contribution in [0.4, 0.5) is 8.78 Å². The number of halogens is 2. The van der Waals surface area contributed by atoms with Crippen molar-refractivity contribution >= 4 is 18.4 Å². The number of hydrogen-bond acceptors (Lipinski definition) is 3. The molecule has 0 bridgehead atoms. The normalized spacial score (nSPS) is 16.9. The summed E-state index contributed by atoms with van der Waals surface area (Å²) in [5, 5.41) is 0. The second-order valence-electron chi connectivity index (χ2n) is 6.67. The highest BCUT2D eigenvalue weighted by molar-refractivity contribution is 8.29. The van der Waals surface area contributed by atoms with E-state index in [1.807, 2.05) is 6.07 Å². The molecular weight excluding hydrogens is 322 g/mol. The van der Waals surface area contributed by atoms with E-state index in [1.165, 1.54) is 6.07 Å². The van der Waals surface area contributed by atoms with Gasteiger partial charge in [-0.25, -0.2) is 0 Å². The van der Waals surface area contributed by atoms with Gasteiger partial charge >= 0.3 is 6.29 Å². The Morgan fingerprint density at radius 2 is 1.50 bits per heavy atom. The molecule has 6 heteroatoms. The molecule has 1 aliphatic rings. The van der Waals surface area contributed by atoms with Gasteiger partial charge in [-0.3, -0.25) is 0 Å². The molecule has 2 nitrogen and oxygen atoms in total. The molecule has 0 aliphatic carbocycles. The summed E-state index contributed by atoms with van der Waals surface area (Å²) in [6, 6.07) is 5.15. The SMILES string of the molecule is CC(C)[Si](Sc1cccc2c1OC(F)(F)O2)(C(C)C)C(C)C. The van der Waals surface area contributed by atoms with Gasteiger partial charge in [0.25, 0.3) is 0 Å². The lowest BCUT2D eigenvalue weighted by molar-refractivity contribution is -0.287. The summed E-state index contributed by atoms with van der Waals surface area (Å²) in [4.78, 5) is 0.775. The van der Waals surface area contributed by atoms with E-state index in [1.54, 1.807) is 17.3 Å². The second kappa shape index (κ2) is 6.04. The third-order valence-corrected chi connectivity index (χ3v) is 16.7. The molecule has 1 aromatic carbocycles. The Labute approximate surface area is 136 Å². The first kappa shape index (κ1) is 17.6. The number of rotatable bonds is 5. The standard InChI is InChI=1S/C16H24F2O2SSi/c1-10(2)22(11(3)4,12(5)6)21-14-9-7-8-13-15(14)20-16(17,18)19-13/h7-12H,1-6H3. The Morgan fingerprint density at radius 3 is 2.00 bits per heavy atom. The van der Waals surface area contributed by atoms with Crippen LogP contribution in [0.3, 0.4) is 0 Å². The maximum absolute atomic E-state index is 13.4. The van der Waals surface area contributed by atoms with Gasteiger partial charge in [-0.15, -0.1) is 20.0 Å². The molecule has 22 heavy (non-hydrogen) atoms. The van der Waals surface area contributed by atoms with Crippen molar-refractivity contribution in [3.05, 3.63) is 18.2 Å². The number of alkyl halides is 2. The van der Waals surface area contributed by atoms with Crippen molar-refractivity contribution in [3.63, 3.8) is 0 Å². The first-order chi connectivity index (χ1) is 10.1. The van der Waals surface area contributed by atoms with Gasteiger partial charge in [0.2, 0.25) is 0 Å². The molecule has 0 spiro atoms. The van der Waals surface area contributed by atoms with Crippen molar-refractivity contribution in [2.75, 3.05) is 0 Å². The van der Waals surface area contributed by atoms with Crippen molar-refractivity contribution in [1.29, 1.82) is 0 Å². The average Bonchev–Trinajstić information content (AvgIpc) is 2.69. The fourth-order valence-electron chi connectivity index (χ4n) is 3.57. The number of ether oxygens (including phenoxy) is 2. The molecule has 0 unspecified atom stereocenters. The molecule has 0 aromatic heterocycles. The van der Waals surface area contributed by atoms with E-state index in [4.69, 9.17) is 4.74 Å². The summed E-state index contributed by atoms with van der Waals surface area (Å²) in [7, 11) is -1.82. The summed E-state index contributed by atoms with van der Waals surface area (Å²) in [6.07, 6.45) is -3.56. The lowest BCUT2D eigenvalue weighted by Gasteiger charge is -2.42. The van der Waals surface area contributed by atoms with E-state index in [-0.39, 0.29) is 11.5 Å². The van der Waals surface area contributed by atoms with E-state index >= 15 is 0 Å². The fraction of sp³-hybridized carbons (Fsp3) is 0.625. The van der Waals surface area contributed by atoms with Gasteiger partial charge in [0.15, 0.2) is 11.5 Å². The Bertz CT molecular complexity index is 525. The highest BCUT2D eigenvalue weighted by Crippen LogP contribution is 2.56. The van der Waals surface area contributed by atoms with Crippen molar-refractivity contribution < 1.29 is 18.3 Å². The van der Waals surface area contributed by atoms with E-state index in [0.717, 1.165) is 4.90 Å². The Kier molecular flexibility index (Phi) is 4.83. The van der Waals surface area contributed by atoms with E-state index in [2.05, 4.69) is 46.3 Å². The zero-order chi connectivity index (χ0) is 16.7. The topological polar surface area (TPSA) is 18.5 Å². The summed E-state index contributed by atoms with van der Waals surface area (Å²) in [6.45, 7) is 13.5. The molecular formula is C16H24F2O2SSi. The predicted octanol–water partition coefficient (Wildman–Crippen LogP) is 6.28. The minimum atomic E-state index is -3.56. The van der Waals surface area contributed by atoms with Crippen LogP contribution in [0.5, 0.6) is 11.5 Å². The van der Waals surface area contributed by atoms with Crippen molar-refractivity contribution in [1.82, 2.24) is 0 Å². The first-order valence-electron chi connectivity index (χ1n) is 7.68. The Morgan fingerprint density at radius 1 is 0.955 bits per heavy atom. The van der Waals surface area contributed by atoms with Crippen LogP contribution < -0.4 is 9.47 Å². The molecule has 0 saturated carbocycles. The second-order valence-corrected chi connectivity index (χ2v) is 15.2. The predicted molar refractivity (Wildman–Crippen MR) is 89.6 cm³/mol. The maximum atomic E-state index is 13.4. The zero-order valence-corrected chi connectivity index (χ0v) is 15.8. The largest absolute Gasteiger partial charge is 0.586 e. The van der Waals surface area contributed by atoms with Gasteiger partial charge in [0.1, 0.15) is 7.22 Å². The molecule has 0 amide bonds. The van der Waals surface area contributed by atoms with Gasteiger partial charge in [-0.1, -0.05) is 47.6 Å².